The smallest absolute Gasteiger partial charge is 0.378 e. The van der Waals surface area contributed by atoms with Crippen LogP contribution >= 0.6 is 0 Å². The Morgan fingerprint density at radius 3 is 2.56 bits per heavy atom. The van der Waals surface area contributed by atoms with Gasteiger partial charge in [-0.05, 0) is 42.3 Å². The number of rotatable bonds is 3. The predicted octanol–water partition coefficient (Wildman–Crippen LogP) is 4.59. The highest BCUT2D eigenvalue weighted by Crippen LogP contribution is 2.34. The Bertz CT molecular complexity index is 1210. The van der Waals surface area contributed by atoms with E-state index in [9.17, 15) is 18.0 Å². The van der Waals surface area contributed by atoms with E-state index in [2.05, 4.69) is 20.2 Å². The van der Waals surface area contributed by atoms with Crippen LogP contribution in [0.1, 0.15) is 11.1 Å². The number of fused-ring (bicyclic) bond motifs is 1. The summed E-state index contributed by atoms with van der Waals surface area (Å²) in [5, 5.41) is 2.82. The number of hydrogen-bond acceptors (Lipinski definition) is 5. The van der Waals surface area contributed by atoms with Crippen LogP contribution in [-0.2, 0) is 17.3 Å². The second kappa shape index (κ2) is 8.94. The second-order valence-corrected chi connectivity index (χ2v) is 8.07. The first-order chi connectivity index (χ1) is 16.4. The summed E-state index contributed by atoms with van der Waals surface area (Å²) in [5.74, 6) is 1.61. The van der Waals surface area contributed by atoms with Crippen molar-refractivity contribution in [1.29, 1.82) is 0 Å². The van der Waals surface area contributed by atoms with Crippen LogP contribution in [0, 0.1) is 0 Å². The molecule has 0 aliphatic carbocycles. The highest BCUT2D eigenvalue weighted by molar-refractivity contribution is 6.02. The van der Waals surface area contributed by atoms with Gasteiger partial charge in [0.2, 0.25) is 0 Å². The largest absolute Gasteiger partial charge is 0.416 e. The molecule has 2 amide bonds. The van der Waals surface area contributed by atoms with E-state index >= 15 is 0 Å². The average Bonchev–Trinajstić information content (AvgIpc) is 3.28. The van der Waals surface area contributed by atoms with Crippen LogP contribution in [0.4, 0.5) is 35.4 Å². The summed E-state index contributed by atoms with van der Waals surface area (Å²) in [6, 6.07) is 13.5. The van der Waals surface area contributed by atoms with Crippen LogP contribution in [0.15, 0.2) is 54.6 Å². The number of nitrogens with zero attached hydrogens (tertiary/aromatic N) is 4. The molecule has 5 rings (SSSR count). The molecule has 1 N–H and O–H groups in total. The summed E-state index contributed by atoms with van der Waals surface area (Å²) in [7, 11) is 0. The number of pyridine rings is 2. The zero-order valence-corrected chi connectivity index (χ0v) is 18.2. The minimum absolute atomic E-state index is 0.338. The normalized spacial score (nSPS) is 15.9. The molecule has 3 aromatic rings. The highest BCUT2D eigenvalue weighted by atomic mass is 19.4. The Labute approximate surface area is 194 Å². The van der Waals surface area contributed by atoms with E-state index in [0.717, 1.165) is 36.6 Å². The van der Waals surface area contributed by atoms with E-state index in [1.165, 1.54) is 11.0 Å². The fourth-order valence-electron chi connectivity index (χ4n) is 4.10. The number of carbonyl (C=O) groups is 1. The standard InChI is InChI=1S/C24H22F3N5O2/c25-24(26,27)18-4-1-3-17(15-18)19-8-7-16-9-10-32(22(16)28-19)23(33)30-20-5-2-6-21(29-20)31-11-13-34-14-12-31/h1-8,15H,9-14H2,(H,29,30,33). The number of benzene rings is 1. The fraction of sp³-hybridized carbons (Fsp3) is 0.292. The molecule has 0 atom stereocenters. The Balaban J connectivity index is 1.36. The zero-order chi connectivity index (χ0) is 23.7. The zero-order valence-electron chi connectivity index (χ0n) is 18.2. The van der Waals surface area contributed by atoms with Gasteiger partial charge < -0.3 is 9.64 Å². The molecule has 0 unspecified atom stereocenters. The molecule has 0 bridgehead atoms. The predicted molar refractivity (Wildman–Crippen MR) is 122 cm³/mol. The van der Waals surface area contributed by atoms with Gasteiger partial charge in [-0.1, -0.05) is 24.3 Å². The lowest BCUT2D eigenvalue weighted by atomic mass is 10.1. The van der Waals surface area contributed by atoms with Gasteiger partial charge in [0.1, 0.15) is 17.5 Å². The molecule has 4 heterocycles. The third kappa shape index (κ3) is 4.54. The Morgan fingerprint density at radius 1 is 0.971 bits per heavy atom. The van der Waals surface area contributed by atoms with E-state index in [0.29, 0.717) is 49.1 Å². The van der Waals surface area contributed by atoms with Crippen LogP contribution in [0.5, 0.6) is 0 Å². The topological polar surface area (TPSA) is 70.6 Å². The van der Waals surface area contributed by atoms with Crippen molar-refractivity contribution in [2.45, 2.75) is 12.6 Å². The summed E-state index contributed by atoms with van der Waals surface area (Å²) in [5.41, 5.74) is 0.829. The fourth-order valence-corrected chi connectivity index (χ4v) is 4.10. The molecule has 1 aromatic carbocycles. The SMILES string of the molecule is O=C(Nc1cccc(N2CCOCC2)n1)N1CCc2ccc(-c3cccc(C(F)(F)F)c3)nc21. The van der Waals surface area contributed by atoms with Crippen LogP contribution in [0.2, 0.25) is 0 Å². The second-order valence-electron chi connectivity index (χ2n) is 8.07. The Hall–Kier alpha value is -3.66. The molecule has 2 aromatic heterocycles. The third-order valence-electron chi connectivity index (χ3n) is 5.85. The van der Waals surface area contributed by atoms with E-state index in [1.54, 1.807) is 18.2 Å². The van der Waals surface area contributed by atoms with Crippen LogP contribution in [0.25, 0.3) is 11.3 Å². The molecular weight excluding hydrogens is 447 g/mol. The van der Waals surface area contributed by atoms with Crippen molar-refractivity contribution in [2.75, 3.05) is 48.0 Å². The van der Waals surface area contributed by atoms with E-state index < -0.39 is 11.7 Å². The Morgan fingerprint density at radius 2 is 1.76 bits per heavy atom. The number of amides is 2. The van der Waals surface area contributed by atoms with Crippen molar-refractivity contribution >= 4 is 23.5 Å². The van der Waals surface area contributed by atoms with Gasteiger partial charge in [0.05, 0.1) is 24.5 Å². The first-order valence-corrected chi connectivity index (χ1v) is 10.9. The number of aromatic nitrogens is 2. The number of ether oxygens (including phenoxy) is 1. The molecule has 1 saturated heterocycles. The summed E-state index contributed by atoms with van der Waals surface area (Å²) in [6.07, 6.45) is -3.83. The van der Waals surface area contributed by atoms with Crippen molar-refractivity contribution < 1.29 is 22.7 Å². The van der Waals surface area contributed by atoms with Gasteiger partial charge in [-0.15, -0.1) is 0 Å². The van der Waals surface area contributed by atoms with Gasteiger partial charge in [0.25, 0.3) is 0 Å². The van der Waals surface area contributed by atoms with E-state index in [1.807, 2.05) is 18.2 Å². The van der Waals surface area contributed by atoms with Crippen molar-refractivity contribution in [1.82, 2.24) is 9.97 Å². The molecule has 2 aliphatic rings. The van der Waals surface area contributed by atoms with Gasteiger partial charge in [-0.3, -0.25) is 10.2 Å². The number of urea groups is 1. The molecule has 0 spiro atoms. The quantitative estimate of drug-likeness (QED) is 0.608. The van der Waals surface area contributed by atoms with E-state index in [4.69, 9.17) is 4.74 Å². The molecule has 0 saturated carbocycles. The number of halogens is 3. The molecule has 2 aliphatic heterocycles. The number of morpholine rings is 1. The minimum Gasteiger partial charge on any atom is -0.378 e. The number of nitrogens with one attached hydrogen (secondary N) is 1. The van der Waals surface area contributed by atoms with Gasteiger partial charge in [0.15, 0.2) is 0 Å². The van der Waals surface area contributed by atoms with Crippen LogP contribution in [-0.4, -0.2) is 48.8 Å². The van der Waals surface area contributed by atoms with Crippen molar-refractivity contribution in [3.05, 3.63) is 65.7 Å². The lowest BCUT2D eigenvalue weighted by molar-refractivity contribution is -0.137. The average molecular weight is 469 g/mol. The summed E-state index contributed by atoms with van der Waals surface area (Å²) in [6.45, 7) is 3.13. The maximum Gasteiger partial charge on any atom is 0.416 e. The molecule has 1 fully saturated rings. The maximum atomic E-state index is 13.1. The first-order valence-electron chi connectivity index (χ1n) is 10.9. The molecule has 7 nitrogen and oxygen atoms in total. The summed E-state index contributed by atoms with van der Waals surface area (Å²) < 4.78 is 44.8. The van der Waals surface area contributed by atoms with Gasteiger partial charge in [0, 0.05) is 25.2 Å². The van der Waals surface area contributed by atoms with Gasteiger partial charge in [-0.25, -0.2) is 14.8 Å². The molecule has 34 heavy (non-hydrogen) atoms. The van der Waals surface area contributed by atoms with Gasteiger partial charge in [-0.2, -0.15) is 13.2 Å². The molecule has 10 heteroatoms. The highest BCUT2D eigenvalue weighted by Gasteiger charge is 2.31. The molecule has 176 valence electrons. The first kappa shape index (κ1) is 22.1. The monoisotopic (exact) mass is 469 g/mol. The van der Waals surface area contributed by atoms with Gasteiger partial charge >= 0.3 is 12.2 Å². The van der Waals surface area contributed by atoms with Crippen molar-refractivity contribution in [3.63, 3.8) is 0 Å². The van der Waals surface area contributed by atoms with Crippen LogP contribution < -0.4 is 15.1 Å². The van der Waals surface area contributed by atoms with Crippen LogP contribution in [0.3, 0.4) is 0 Å². The number of carbonyl (C=O) groups excluding carboxylic acids is 1. The minimum atomic E-state index is -4.44. The van der Waals surface area contributed by atoms with E-state index in [-0.39, 0.29) is 6.03 Å². The molecular formula is C24H22F3N5O2. The van der Waals surface area contributed by atoms with Crippen molar-refractivity contribution in [2.24, 2.45) is 0 Å². The summed E-state index contributed by atoms with van der Waals surface area (Å²) in [4.78, 5) is 25.7. The number of hydrogen-bond donors (Lipinski definition) is 1. The van der Waals surface area contributed by atoms with Crippen molar-refractivity contribution in [3.8, 4) is 11.3 Å². The number of alkyl halides is 3. The maximum absolute atomic E-state index is 13.1. The Kier molecular flexibility index (Phi) is 5.82. The lowest BCUT2D eigenvalue weighted by Crippen LogP contribution is -2.37. The molecule has 0 radical (unpaired) electrons. The number of anilines is 3. The third-order valence-corrected chi connectivity index (χ3v) is 5.85. The lowest BCUT2D eigenvalue weighted by Gasteiger charge is -2.28. The summed E-state index contributed by atoms with van der Waals surface area (Å²) >= 11 is 0.